The van der Waals surface area contributed by atoms with Crippen LogP contribution in [0.15, 0.2) is 36.9 Å². The minimum absolute atomic E-state index is 0.0283. The zero-order chi connectivity index (χ0) is 15.9. The highest BCUT2D eigenvalue weighted by molar-refractivity contribution is 5.97. The van der Waals surface area contributed by atoms with Gasteiger partial charge in [0, 0.05) is 12.2 Å². The van der Waals surface area contributed by atoms with Gasteiger partial charge in [0.15, 0.2) is 0 Å². The lowest BCUT2D eigenvalue weighted by atomic mass is 9.62. The number of anilines is 1. The Kier molecular flexibility index (Phi) is 3.21. The normalized spacial score (nSPS) is 28.4. The lowest BCUT2D eigenvalue weighted by Gasteiger charge is -2.42. The number of nitrogens with two attached hydrogens (primary N) is 1. The number of amides is 1. The van der Waals surface area contributed by atoms with Crippen molar-refractivity contribution in [3.8, 4) is 0 Å². The van der Waals surface area contributed by atoms with Crippen molar-refractivity contribution in [1.82, 2.24) is 14.8 Å². The summed E-state index contributed by atoms with van der Waals surface area (Å²) < 4.78 is 7.60. The number of hydrogen-bond donors (Lipinski definition) is 2. The second-order valence-electron chi connectivity index (χ2n) is 6.60. The molecule has 3 heterocycles. The number of carbonyl (C=O) groups excluding carboxylic acids is 1. The third kappa shape index (κ3) is 2.42. The Labute approximate surface area is 133 Å². The topological polar surface area (TPSA) is 95.1 Å². The monoisotopic (exact) mass is 313 g/mol. The predicted molar refractivity (Wildman–Crippen MR) is 83.6 cm³/mol. The fraction of sp³-hybridized carbons (Fsp3) is 0.438. The fourth-order valence-corrected chi connectivity index (χ4v) is 3.63. The fourth-order valence-electron chi connectivity index (χ4n) is 3.63. The van der Waals surface area contributed by atoms with Crippen molar-refractivity contribution in [3.63, 3.8) is 0 Å². The second-order valence-corrected chi connectivity index (χ2v) is 6.60. The van der Waals surface area contributed by atoms with Crippen molar-refractivity contribution < 1.29 is 9.53 Å². The minimum atomic E-state index is -0.399. The van der Waals surface area contributed by atoms with Crippen molar-refractivity contribution in [2.24, 2.45) is 11.1 Å². The first kappa shape index (κ1) is 14.3. The first-order chi connectivity index (χ1) is 11.1. The molecule has 0 radical (unpaired) electrons. The zero-order valence-electron chi connectivity index (χ0n) is 12.7. The summed E-state index contributed by atoms with van der Waals surface area (Å²) >= 11 is 0. The molecule has 1 aromatic heterocycles. The number of hydrogen-bond acceptors (Lipinski definition) is 5. The quantitative estimate of drug-likeness (QED) is 0.850. The van der Waals surface area contributed by atoms with E-state index in [-0.39, 0.29) is 11.5 Å². The van der Waals surface area contributed by atoms with E-state index in [1.165, 1.54) is 0 Å². The van der Waals surface area contributed by atoms with E-state index in [4.69, 9.17) is 10.5 Å². The molecule has 2 aromatic rings. The lowest BCUT2D eigenvalue weighted by Crippen LogP contribution is -2.54. The van der Waals surface area contributed by atoms with Gasteiger partial charge in [-0.3, -0.25) is 4.79 Å². The van der Waals surface area contributed by atoms with Crippen LogP contribution in [0.1, 0.15) is 18.4 Å². The summed E-state index contributed by atoms with van der Waals surface area (Å²) in [6.07, 6.45) is 4.78. The smallest absolute Gasteiger partial charge is 0.233 e. The maximum absolute atomic E-state index is 12.6. The number of aromatic nitrogens is 3. The maximum Gasteiger partial charge on any atom is 0.233 e. The van der Waals surface area contributed by atoms with Gasteiger partial charge in [-0.1, -0.05) is 12.1 Å². The Balaban J connectivity index is 1.44. The Hall–Kier alpha value is -2.25. The molecule has 0 spiro atoms. The summed E-state index contributed by atoms with van der Waals surface area (Å²) in [6.45, 7) is 1.62. The van der Waals surface area contributed by atoms with Crippen LogP contribution in [0.3, 0.4) is 0 Å². The van der Waals surface area contributed by atoms with Gasteiger partial charge in [-0.05, 0) is 30.5 Å². The van der Waals surface area contributed by atoms with Crippen LogP contribution in [0, 0.1) is 5.41 Å². The molecule has 2 bridgehead atoms. The van der Waals surface area contributed by atoms with Gasteiger partial charge < -0.3 is 20.4 Å². The highest BCUT2D eigenvalue weighted by atomic mass is 16.5. The SMILES string of the molecule is NCC12CC(C(=O)Nc3cccc(Cn4cnnc4)c3)(CO1)C2. The first-order valence-corrected chi connectivity index (χ1v) is 7.70. The number of benzene rings is 1. The molecular formula is C16H19N5O2. The molecule has 2 aliphatic heterocycles. The highest BCUT2D eigenvalue weighted by Crippen LogP contribution is 2.57. The minimum Gasteiger partial charge on any atom is -0.372 e. The van der Waals surface area contributed by atoms with Crippen molar-refractivity contribution in [1.29, 1.82) is 0 Å². The second kappa shape index (κ2) is 5.14. The molecule has 0 atom stereocenters. The van der Waals surface area contributed by atoms with Gasteiger partial charge in [-0.15, -0.1) is 10.2 Å². The highest BCUT2D eigenvalue weighted by Gasteiger charge is 2.65. The molecule has 3 aliphatic rings. The molecule has 7 heteroatoms. The van der Waals surface area contributed by atoms with Gasteiger partial charge in [0.25, 0.3) is 0 Å². The van der Waals surface area contributed by atoms with Crippen LogP contribution in [0.5, 0.6) is 0 Å². The largest absolute Gasteiger partial charge is 0.372 e. The molecule has 2 saturated heterocycles. The molecule has 1 amide bonds. The van der Waals surface area contributed by atoms with Crippen LogP contribution in [0.4, 0.5) is 5.69 Å². The average Bonchev–Trinajstić information content (AvgIpc) is 3.22. The van der Waals surface area contributed by atoms with E-state index in [1.807, 2.05) is 28.8 Å². The molecular weight excluding hydrogens is 294 g/mol. The zero-order valence-corrected chi connectivity index (χ0v) is 12.7. The molecule has 5 rings (SSSR count). The maximum atomic E-state index is 12.6. The number of carbonyl (C=O) groups is 1. The van der Waals surface area contributed by atoms with E-state index >= 15 is 0 Å². The summed E-state index contributed by atoms with van der Waals surface area (Å²) in [5.74, 6) is 0.0283. The number of nitrogens with one attached hydrogen (secondary N) is 1. The summed E-state index contributed by atoms with van der Waals surface area (Å²) in [5.41, 5.74) is 6.95. The van der Waals surface area contributed by atoms with Crippen molar-refractivity contribution in [3.05, 3.63) is 42.5 Å². The van der Waals surface area contributed by atoms with E-state index in [0.29, 0.717) is 19.7 Å². The van der Waals surface area contributed by atoms with Gasteiger partial charge in [0.1, 0.15) is 12.7 Å². The molecule has 1 aromatic carbocycles. The first-order valence-electron chi connectivity index (χ1n) is 7.70. The molecule has 120 valence electrons. The summed E-state index contributed by atoms with van der Waals surface area (Å²) in [7, 11) is 0. The third-order valence-corrected chi connectivity index (χ3v) is 4.85. The van der Waals surface area contributed by atoms with Gasteiger partial charge in [-0.25, -0.2) is 0 Å². The number of fused-ring (bicyclic) bond motifs is 1. The standard InChI is InChI=1S/C16H19N5O2/c17-8-16-6-15(7-16,9-23-16)14(22)20-13-3-1-2-12(4-13)5-21-10-18-19-11-21/h1-4,10-11H,5-9,17H2,(H,20,22). The molecule has 3 N–H and O–H groups in total. The van der Waals surface area contributed by atoms with E-state index < -0.39 is 5.41 Å². The van der Waals surface area contributed by atoms with Crippen LogP contribution in [-0.4, -0.2) is 39.4 Å². The van der Waals surface area contributed by atoms with Crippen molar-refractivity contribution in [2.75, 3.05) is 18.5 Å². The van der Waals surface area contributed by atoms with Crippen LogP contribution < -0.4 is 11.1 Å². The lowest BCUT2D eigenvalue weighted by molar-refractivity contribution is -0.129. The summed E-state index contributed by atoms with van der Waals surface area (Å²) in [4.78, 5) is 12.6. The number of nitrogens with zero attached hydrogens (tertiary/aromatic N) is 3. The predicted octanol–water partition coefficient (Wildman–Crippen LogP) is 0.773. The van der Waals surface area contributed by atoms with Crippen molar-refractivity contribution in [2.45, 2.75) is 25.0 Å². The summed E-state index contributed by atoms with van der Waals surface area (Å²) in [5, 5.41) is 10.6. The Bertz CT molecular complexity index is 722. The molecule has 7 nitrogen and oxygen atoms in total. The van der Waals surface area contributed by atoms with Crippen LogP contribution in [-0.2, 0) is 16.1 Å². The van der Waals surface area contributed by atoms with Crippen LogP contribution in [0.2, 0.25) is 0 Å². The number of rotatable bonds is 5. The van der Waals surface area contributed by atoms with Crippen molar-refractivity contribution >= 4 is 11.6 Å². The summed E-state index contributed by atoms with van der Waals surface area (Å²) in [6, 6.07) is 7.81. The molecule has 23 heavy (non-hydrogen) atoms. The van der Waals surface area contributed by atoms with E-state index in [9.17, 15) is 4.79 Å². The average molecular weight is 313 g/mol. The van der Waals surface area contributed by atoms with Gasteiger partial charge in [0.05, 0.1) is 24.2 Å². The molecule has 1 aliphatic carbocycles. The van der Waals surface area contributed by atoms with E-state index in [1.54, 1.807) is 12.7 Å². The Morgan fingerprint density at radius 2 is 2.13 bits per heavy atom. The van der Waals surface area contributed by atoms with Gasteiger partial charge >= 0.3 is 0 Å². The van der Waals surface area contributed by atoms with Gasteiger partial charge in [-0.2, -0.15) is 0 Å². The molecule has 1 saturated carbocycles. The third-order valence-electron chi connectivity index (χ3n) is 4.85. The number of ether oxygens (including phenoxy) is 1. The van der Waals surface area contributed by atoms with E-state index in [0.717, 1.165) is 24.1 Å². The van der Waals surface area contributed by atoms with E-state index in [2.05, 4.69) is 15.5 Å². The van der Waals surface area contributed by atoms with Gasteiger partial charge in [0.2, 0.25) is 5.91 Å². The van der Waals surface area contributed by atoms with Crippen LogP contribution >= 0.6 is 0 Å². The Morgan fingerprint density at radius 1 is 1.35 bits per heavy atom. The molecule has 0 unspecified atom stereocenters. The Morgan fingerprint density at radius 3 is 2.83 bits per heavy atom. The molecule has 3 fully saturated rings. The van der Waals surface area contributed by atoms with Crippen LogP contribution in [0.25, 0.3) is 0 Å².